The van der Waals surface area contributed by atoms with Gasteiger partial charge in [-0.15, -0.1) is 0 Å². The van der Waals surface area contributed by atoms with Crippen LogP contribution in [0.15, 0.2) is 23.1 Å². The van der Waals surface area contributed by atoms with E-state index in [1.807, 2.05) is 6.92 Å². The molecule has 2 aromatic heterocycles. The van der Waals surface area contributed by atoms with Crippen LogP contribution in [0.3, 0.4) is 0 Å². The van der Waals surface area contributed by atoms with Crippen LogP contribution in [0.2, 0.25) is 0 Å². The van der Waals surface area contributed by atoms with E-state index in [-0.39, 0.29) is 11.9 Å². The molecule has 1 unspecified atom stereocenters. The quantitative estimate of drug-likeness (QED) is 0.672. The fourth-order valence-corrected chi connectivity index (χ4v) is 4.26. The normalized spacial score (nSPS) is 21.9. The lowest BCUT2D eigenvalue weighted by atomic mass is 9.94. The number of hydrogen-bond acceptors (Lipinski definition) is 9. The van der Waals surface area contributed by atoms with E-state index in [9.17, 15) is 4.79 Å². The molecular formula is C20H28N6O3. The fraction of sp³-hybridized carbons (Fsp3) is 0.650. The summed E-state index contributed by atoms with van der Waals surface area (Å²) >= 11 is 0. The molecule has 0 radical (unpaired) electrons. The van der Waals surface area contributed by atoms with Gasteiger partial charge in [0.2, 0.25) is 11.7 Å². The topological polar surface area (TPSA) is 97.5 Å². The molecule has 29 heavy (non-hydrogen) atoms. The lowest BCUT2D eigenvalue weighted by Gasteiger charge is -2.41. The van der Waals surface area contributed by atoms with E-state index in [4.69, 9.17) is 9.26 Å². The average Bonchev–Trinajstić information content (AvgIpc) is 3.24. The molecule has 156 valence electrons. The minimum Gasteiger partial charge on any atom is -0.466 e. The Hall–Kier alpha value is -2.39. The molecule has 0 aliphatic carbocycles. The fourth-order valence-electron chi connectivity index (χ4n) is 4.26. The molecule has 2 saturated heterocycles. The van der Waals surface area contributed by atoms with Crippen molar-refractivity contribution in [3.8, 4) is 11.5 Å². The number of aromatic nitrogens is 4. The van der Waals surface area contributed by atoms with Crippen molar-refractivity contribution < 1.29 is 14.1 Å². The van der Waals surface area contributed by atoms with Gasteiger partial charge in [0.05, 0.1) is 25.3 Å². The summed E-state index contributed by atoms with van der Waals surface area (Å²) in [6, 6.07) is 0.529. The van der Waals surface area contributed by atoms with Crippen molar-refractivity contribution in [1.82, 2.24) is 29.9 Å². The first-order chi connectivity index (χ1) is 14.2. The number of piperidine rings is 2. The third kappa shape index (κ3) is 4.97. The van der Waals surface area contributed by atoms with Crippen molar-refractivity contribution in [2.45, 2.75) is 45.2 Å². The van der Waals surface area contributed by atoms with Gasteiger partial charge < -0.3 is 9.26 Å². The SMILES string of the molecule is CCOC(=O)C1CCCN(C2CCN(Cc3nc(-c4cnccn4)no3)CC2)C1. The summed E-state index contributed by atoms with van der Waals surface area (Å²) < 4.78 is 10.6. The molecule has 0 amide bonds. The zero-order valence-electron chi connectivity index (χ0n) is 16.9. The Morgan fingerprint density at radius 3 is 2.86 bits per heavy atom. The number of carbonyl (C=O) groups excluding carboxylic acids is 1. The Morgan fingerprint density at radius 2 is 2.10 bits per heavy atom. The molecule has 0 N–H and O–H groups in total. The average molecular weight is 400 g/mol. The maximum atomic E-state index is 12.1. The van der Waals surface area contributed by atoms with Gasteiger partial charge in [0.25, 0.3) is 0 Å². The first kappa shape index (κ1) is 19.9. The number of carbonyl (C=O) groups is 1. The van der Waals surface area contributed by atoms with Crippen LogP contribution >= 0.6 is 0 Å². The Balaban J connectivity index is 1.26. The number of hydrogen-bond donors (Lipinski definition) is 0. The van der Waals surface area contributed by atoms with Crippen molar-refractivity contribution in [2.75, 3.05) is 32.8 Å². The standard InChI is InChI=1S/C20H28N6O3/c1-2-28-20(27)15-4-3-9-26(13-15)16-5-10-25(11-6-16)14-18-23-19(24-29-18)17-12-21-7-8-22-17/h7-8,12,15-16H,2-6,9-11,13-14H2,1H3. The van der Waals surface area contributed by atoms with Crippen molar-refractivity contribution in [1.29, 1.82) is 0 Å². The Labute approximate surface area is 170 Å². The van der Waals surface area contributed by atoms with Crippen LogP contribution in [0.1, 0.15) is 38.5 Å². The van der Waals surface area contributed by atoms with Gasteiger partial charge >= 0.3 is 5.97 Å². The van der Waals surface area contributed by atoms with Gasteiger partial charge in [-0.1, -0.05) is 5.16 Å². The zero-order chi connectivity index (χ0) is 20.1. The van der Waals surface area contributed by atoms with Crippen LogP contribution in [0.25, 0.3) is 11.5 Å². The molecule has 0 spiro atoms. The molecule has 0 saturated carbocycles. The largest absolute Gasteiger partial charge is 0.466 e. The number of rotatable bonds is 6. The molecule has 9 nitrogen and oxygen atoms in total. The lowest BCUT2D eigenvalue weighted by molar-refractivity contribution is -0.150. The highest BCUT2D eigenvalue weighted by molar-refractivity contribution is 5.72. The molecule has 2 aliphatic rings. The predicted molar refractivity (Wildman–Crippen MR) is 105 cm³/mol. The highest BCUT2D eigenvalue weighted by atomic mass is 16.5. The molecular weight excluding hydrogens is 372 g/mol. The second-order valence-electron chi connectivity index (χ2n) is 7.70. The van der Waals surface area contributed by atoms with Crippen molar-refractivity contribution >= 4 is 5.97 Å². The van der Waals surface area contributed by atoms with Gasteiger partial charge in [0, 0.05) is 38.1 Å². The van der Waals surface area contributed by atoms with Gasteiger partial charge in [-0.3, -0.25) is 19.6 Å². The highest BCUT2D eigenvalue weighted by Crippen LogP contribution is 2.25. The van der Waals surface area contributed by atoms with E-state index in [1.54, 1.807) is 18.6 Å². The van der Waals surface area contributed by atoms with E-state index in [1.165, 1.54) is 0 Å². The van der Waals surface area contributed by atoms with Crippen molar-refractivity contribution in [3.63, 3.8) is 0 Å². The van der Waals surface area contributed by atoms with Gasteiger partial charge in [-0.2, -0.15) is 4.98 Å². The molecule has 0 aromatic carbocycles. The van der Waals surface area contributed by atoms with E-state index < -0.39 is 0 Å². The van der Waals surface area contributed by atoms with Gasteiger partial charge in [0.15, 0.2) is 0 Å². The number of esters is 1. The molecule has 9 heteroatoms. The number of nitrogens with zero attached hydrogens (tertiary/aromatic N) is 6. The third-order valence-corrected chi connectivity index (χ3v) is 5.77. The molecule has 4 heterocycles. The van der Waals surface area contributed by atoms with Crippen LogP contribution in [0.5, 0.6) is 0 Å². The maximum absolute atomic E-state index is 12.1. The van der Waals surface area contributed by atoms with E-state index in [0.717, 1.165) is 51.9 Å². The summed E-state index contributed by atoms with van der Waals surface area (Å²) in [5, 5.41) is 4.01. The van der Waals surface area contributed by atoms with Crippen LogP contribution < -0.4 is 0 Å². The molecule has 2 fully saturated rings. The first-order valence-corrected chi connectivity index (χ1v) is 10.4. The number of likely N-dealkylation sites (tertiary alicyclic amines) is 2. The summed E-state index contributed by atoms with van der Waals surface area (Å²) in [7, 11) is 0. The summed E-state index contributed by atoms with van der Waals surface area (Å²) in [4.78, 5) is 29.6. The Kier molecular flexibility index (Phi) is 6.46. The van der Waals surface area contributed by atoms with Crippen LogP contribution in [-0.2, 0) is 16.1 Å². The Bertz CT molecular complexity index is 791. The molecule has 2 aromatic rings. The molecule has 2 aliphatic heterocycles. The molecule has 4 rings (SSSR count). The van der Waals surface area contributed by atoms with E-state index in [0.29, 0.717) is 36.6 Å². The lowest BCUT2D eigenvalue weighted by Crippen LogP contribution is -2.49. The van der Waals surface area contributed by atoms with Crippen molar-refractivity contribution in [2.24, 2.45) is 5.92 Å². The maximum Gasteiger partial charge on any atom is 0.310 e. The molecule has 0 bridgehead atoms. The minimum atomic E-state index is -0.0371. The summed E-state index contributed by atoms with van der Waals surface area (Å²) in [5.41, 5.74) is 0.613. The highest BCUT2D eigenvalue weighted by Gasteiger charge is 2.32. The second-order valence-corrected chi connectivity index (χ2v) is 7.70. The van der Waals surface area contributed by atoms with Gasteiger partial charge in [-0.25, -0.2) is 4.98 Å². The summed E-state index contributed by atoms with van der Waals surface area (Å²) in [5.74, 6) is 1.07. The smallest absolute Gasteiger partial charge is 0.310 e. The third-order valence-electron chi connectivity index (χ3n) is 5.77. The minimum absolute atomic E-state index is 0.0274. The summed E-state index contributed by atoms with van der Waals surface area (Å²) in [6.45, 7) is 6.84. The van der Waals surface area contributed by atoms with Gasteiger partial charge in [-0.05, 0) is 39.2 Å². The summed E-state index contributed by atoms with van der Waals surface area (Å²) in [6.07, 6.45) is 9.04. The van der Waals surface area contributed by atoms with E-state index in [2.05, 4.69) is 29.9 Å². The zero-order valence-corrected chi connectivity index (χ0v) is 16.9. The predicted octanol–water partition coefficient (Wildman–Crippen LogP) is 1.77. The van der Waals surface area contributed by atoms with Crippen molar-refractivity contribution in [3.05, 3.63) is 24.5 Å². The van der Waals surface area contributed by atoms with Crippen LogP contribution in [0, 0.1) is 5.92 Å². The van der Waals surface area contributed by atoms with Crippen LogP contribution in [0.4, 0.5) is 0 Å². The monoisotopic (exact) mass is 400 g/mol. The van der Waals surface area contributed by atoms with Gasteiger partial charge in [0.1, 0.15) is 5.69 Å². The number of ether oxygens (including phenoxy) is 1. The molecule has 1 atom stereocenters. The Morgan fingerprint density at radius 1 is 1.24 bits per heavy atom. The second kappa shape index (κ2) is 9.41. The van der Waals surface area contributed by atoms with Crippen LogP contribution in [-0.4, -0.2) is 74.7 Å². The van der Waals surface area contributed by atoms with E-state index >= 15 is 0 Å². The first-order valence-electron chi connectivity index (χ1n) is 10.4.